The van der Waals surface area contributed by atoms with Crippen LogP contribution in [-0.4, -0.2) is 28.5 Å². The molecule has 1 heterocycles. The van der Waals surface area contributed by atoms with Crippen molar-refractivity contribution in [2.45, 2.75) is 6.92 Å². The van der Waals surface area contributed by atoms with Crippen molar-refractivity contribution in [1.82, 2.24) is 9.55 Å². The summed E-state index contributed by atoms with van der Waals surface area (Å²) in [5.74, 6) is -0.0718. The van der Waals surface area contributed by atoms with Crippen LogP contribution in [0.5, 0.6) is 0 Å². The third kappa shape index (κ3) is 2.17. The van der Waals surface area contributed by atoms with Crippen LogP contribution in [0, 0.1) is 0 Å². The molecule has 0 saturated carbocycles. The van der Waals surface area contributed by atoms with Crippen molar-refractivity contribution in [3.05, 3.63) is 18.2 Å². The Bertz CT molecular complexity index is 268. The smallest absolute Gasteiger partial charge is 0.208 e. The van der Waals surface area contributed by atoms with Crippen LogP contribution in [0.4, 0.5) is 0 Å². The van der Waals surface area contributed by atoms with Gasteiger partial charge in [-0.15, -0.1) is 0 Å². The zero-order valence-electron chi connectivity index (χ0n) is 7.28. The fourth-order valence-electron chi connectivity index (χ4n) is 0.826. The number of hydrogen-bond acceptors (Lipinski definition) is 3. The minimum Gasteiger partial charge on any atom is -0.374 e. The number of ketones is 1. The van der Waals surface area contributed by atoms with Crippen molar-refractivity contribution in [1.29, 1.82) is 0 Å². The van der Waals surface area contributed by atoms with Crippen molar-refractivity contribution in [3.63, 3.8) is 0 Å². The highest BCUT2D eigenvalue weighted by Crippen LogP contribution is 1.95. The molecule has 0 unspecified atom stereocenters. The summed E-state index contributed by atoms with van der Waals surface area (Å²) < 4.78 is 6.70. The van der Waals surface area contributed by atoms with Crippen LogP contribution < -0.4 is 0 Å². The molecule has 0 amide bonds. The number of aromatic nitrogens is 2. The second-order valence-electron chi connectivity index (χ2n) is 2.48. The van der Waals surface area contributed by atoms with Crippen LogP contribution in [0.15, 0.2) is 12.5 Å². The van der Waals surface area contributed by atoms with Gasteiger partial charge in [0.25, 0.3) is 0 Å². The lowest BCUT2D eigenvalue weighted by Crippen LogP contribution is -2.09. The molecule has 0 aliphatic carbocycles. The highest BCUT2D eigenvalue weighted by Gasteiger charge is 2.07. The Kier molecular flexibility index (Phi) is 2.99. The van der Waals surface area contributed by atoms with Gasteiger partial charge in [-0.05, 0) is 6.92 Å². The molecule has 0 radical (unpaired) electrons. The van der Waals surface area contributed by atoms with Crippen LogP contribution >= 0.6 is 0 Å². The molecule has 4 nitrogen and oxygen atoms in total. The number of carbonyl (C=O) groups excluding carboxylic acids is 1. The van der Waals surface area contributed by atoms with Crippen LogP contribution in [0.3, 0.4) is 0 Å². The number of hydrogen-bond donors (Lipinski definition) is 0. The number of Topliss-reactive ketones (excluding diaryl/α,β-unsaturated/α-hetero) is 1. The van der Waals surface area contributed by atoms with E-state index in [0.717, 1.165) is 0 Å². The minimum absolute atomic E-state index is 0.0718. The molecular formula is C8H12N2O2. The lowest BCUT2D eigenvalue weighted by Gasteiger charge is -1.95. The van der Waals surface area contributed by atoms with E-state index in [0.29, 0.717) is 12.3 Å². The molecule has 0 bridgehead atoms. The summed E-state index contributed by atoms with van der Waals surface area (Å²) in [6.07, 6.45) is 3.28. The summed E-state index contributed by atoms with van der Waals surface area (Å²) in [4.78, 5) is 15.1. The maximum absolute atomic E-state index is 11.2. The number of imidazole rings is 1. The minimum atomic E-state index is -0.0718. The number of rotatable bonds is 4. The SMILES string of the molecule is CCOCC(=O)c1cn(C)cn1. The number of carbonyl (C=O) groups is 1. The first-order chi connectivity index (χ1) is 5.74. The average Bonchev–Trinajstić information content (AvgIpc) is 2.47. The van der Waals surface area contributed by atoms with Crippen molar-refractivity contribution in [2.75, 3.05) is 13.2 Å². The second-order valence-corrected chi connectivity index (χ2v) is 2.48. The molecular weight excluding hydrogens is 156 g/mol. The zero-order valence-corrected chi connectivity index (χ0v) is 7.28. The van der Waals surface area contributed by atoms with Crippen molar-refractivity contribution in [3.8, 4) is 0 Å². The fourth-order valence-corrected chi connectivity index (χ4v) is 0.826. The molecule has 1 rings (SSSR count). The van der Waals surface area contributed by atoms with Crippen molar-refractivity contribution >= 4 is 5.78 Å². The summed E-state index contributed by atoms with van der Waals surface area (Å²) in [5, 5.41) is 0. The van der Waals surface area contributed by atoms with Gasteiger partial charge in [0.2, 0.25) is 5.78 Å². The molecule has 0 N–H and O–H groups in total. The van der Waals surface area contributed by atoms with E-state index in [2.05, 4.69) is 4.98 Å². The van der Waals surface area contributed by atoms with Gasteiger partial charge >= 0.3 is 0 Å². The Labute approximate surface area is 71.2 Å². The molecule has 0 spiro atoms. The molecule has 0 aliphatic rings. The van der Waals surface area contributed by atoms with E-state index in [9.17, 15) is 4.79 Å². The Balaban J connectivity index is 2.53. The first-order valence-electron chi connectivity index (χ1n) is 3.83. The Morgan fingerprint density at radius 1 is 1.75 bits per heavy atom. The zero-order chi connectivity index (χ0) is 8.97. The molecule has 1 aromatic heterocycles. The van der Waals surface area contributed by atoms with Gasteiger partial charge in [-0.2, -0.15) is 0 Å². The predicted molar refractivity (Wildman–Crippen MR) is 44.0 cm³/mol. The van der Waals surface area contributed by atoms with Crippen LogP contribution in [-0.2, 0) is 11.8 Å². The quantitative estimate of drug-likeness (QED) is 0.620. The summed E-state index contributed by atoms with van der Waals surface area (Å²) in [6.45, 7) is 2.53. The first-order valence-corrected chi connectivity index (χ1v) is 3.83. The first kappa shape index (κ1) is 8.93. The standard InChI is InChI=1S/C8H12N2O2/c1-3-12-5-8(11)7-4-10(2)6-9-7/h4,6H,3,5H2,1-2H3. The number of ether oxygens (including phenoxy) is 1. The van der Waals surface area contributed by atoms with E-state index in [4.69, 9.17) is 4.74 Å². The van der Waals surface area contributed by atoms with Crippen molar-refractivity contribution in [2.24, 2.45) is 7.05 Å². The van der Waals surface area contributed by atoms with Crippen molar-refractivity contribution < 1.29 is 9.53 Å². The molecule has 66 valence electrons. The van der Waals surface area contributed by atoms with E-state index in [1.807, 2.05) is 14.0 Å². The highest BCUT2D eigenvalue weighted by atomic mass is 16.5. The summed E-state index contributed by atoms with van der Waals surface area (Å²) in [5.41, 5.74) is 0.464. The van der Waals surface area contributed by atoms with Crippen LogP contribution in [0.25, 0.3) is 0 Å². The molecule has 0 aromatic carbocycles. The molecule has 0 atom stereocenters. The van der Waals surface area contributed by atoms with Gasteiger partial charge in [0.05, 0.1) is 6.33 Å². The lowest BCUT2D eigenvalue weighted by molar-refractivity contribution is 0.0778. The summed E-state index contributed by atoms with van der Waals surface area (Å²) >= 11 is 0. The van der Waals surface area contributed by atoms with Gasteiger partial charge in [0.1, 0.15) is 12.3 Å². The highest BCUT2D eigenvalue weighted by molar-refractivity contribution is 5.95. The normalized spacial score (nSPS) is 10.2. The summed E-state index contributed by atoms with van der Waals surface area (Å²) in [6, 6.07) is 0. The molecule has 0 aliphatic heterocycles. The topological polar surface area (TPSA) is 44.1 Å². The molecule has 1 aromatic rings. The Hall–Kier alpha value is -1.16. The van der Waals surface area contributed by atoms with E-state index in [1.54, 1.807) is 17.1 Å². The van der Waals surface area contributed by atoms with Gasteiger partial charge in [-0.1, -0.05) is 0 Å². The van der Waals surface area contributed by atoms with E-state index >= 15 is 0 Å². The molecule has 4 heteroatoms. The summed E-state index contributed by atoms with van der Waals surface area (Å²) in [7, 11) is 1.82. The van der Waals surface area contributed by atoms with Gasteiger partial charge in [-0.3, -0.25) is 4.79 Å². The van der Waals surface area contributed by atoms with E-state index in [-0.39, 0.29) is 12.4 Å². The third-order valence-corrected chi connectivity index (χ3v) is 1.43. The van der Waals surface area contributed by atoms with Crippen LogP contribution in [0.2, 0.25) is 0 Å². The van der Waals surface area contributed by atoms with Gasteiger partial charge in [-0.25, -0.2) is 4.98 Å². The maximum Gasteiger partial charge on any atom is 0.208 e. The molecule has 0 saturated heterocycles. The monoisotopic (exact) mass is 168 g/mol. The van der Waals surface area contributed by atoms with Crippen LogP contribution in [0.1, 0.15) is 17.4 Å². The van der Waals surface area contributed by atoms with Gasteiger partial charge < -0.3 is 9.30 Å². The average molecular weight is 168 g/mol. The van der Waals surface area contributed by atoms with E-state index in [1.165, 1.54) is 0 Å². The lowest BCUT2D eigenvalue weighted by atomic mass is 10.3. The molecule has 0 fully saturated rings. The third-order valence-electron chi connectivity index (χ3n) is 1.43. The Morgan fingerprint density at radius 2 is 2.50 bits per heavy atom. The predicted octanol–water partition coefficient (Wildman–Crippen LogP) is 0.639. The number of nitrogens with zero attached hydrogens (tertiary/aromatic N) is 2. The van der Waals surface area contributed by atoms with E-state index < -0.39 is 0 Å². The Morgan fingerprint density at radius 3 is 3.00 bits per heavy atom. The number of aryl methyl sites for hydroxylation is 1. The van der Waals surface area contributed by atoms with Gasteiger partial charge in [0.15, 0.2) is 0 Å². The largest absolute Gasteiger partial charge is 0.374 e. The maximum atomic E-state index is 11.2. The van der Waals surface area contributed by atoms with Gasteiger partial charge in [0, 0.05) is 19.9 Å². The fraction of sp³-hybridized carbons (Fsp3) is 0.500. The molecule has 12 heavy (non-hydrogen) atoms. The second kappa shape index (κ2) is 4.01.